The molecule has 266 valence electrons. The summed E-state index contributed by atoms with van der Waals surface area (Å²) in [7, 11) is 1.48. The van der Waals surface area contributed by atoms with Crippen LogP contribution in [0.25, 0.3) is 6.08 Å². The highest BCUT2D eigenvalue weighted by Crippen LogP contribution is 2.44. The van der Waals surface area contributed by atoms with Gasteiger partial charge in [-0.2, -0.15) is 0 Å². The number of unbranched alkanes of at least 4 members (excludes halogenated alkanes) is 4. The number of alkyl carbamates (subject to hydrolysis) is 1. The van der Waals surface area contributed by atoms with Crippen molar-refractivity contribution in [2.24, 2.45) is 0 Å². The van der Waals surface area contributed by atoms with Gasteiger partial charge in [0.1, 0.15) is 35.1 Å². The van der Waals surface area contributed by atoms with E-state index in [4.69, 9.17) is 18.9 Å². The summed E-state index contributed by atoms with van der Waals surface area (Å²) < 4.78 is 23.9. The summed E-state index contributed by atoms with van der Waals surface area (Å²) in [5.74, 6) is 1.60. The Bertz CT molecular complexity index is 1590. The molecule has 1 saturated heterocycles. The summed E-state index contributed by atoms with van der Waals surface area (Å²) in [6.07, 6.45) is 7.63. The van der Waals surface area contributed by atoms with Gasteiger partial charge in [-0.1, -0.05) is 31.4 Å². The number of hydrogen-bond donors (Lipinski definition) is 1. The number of nitrogens with one attached hydrogen (secondary N) is 1. The Morgan fingerprint density at radius 1 is 1.00 bits per heavy atom. The maximum absolute atomic E-state index is 12.8. The number of hydrogen-bond acceptors (Lipinski definition) is 9. The Labute approximate surface area is 294 Å². The third-order valence-electron chi connectivity index (χ3n) is 8.71. The van der Waals surface area contributed by atoms with E-state index in [1.54, 1.807) is 6.08 Å². The molecule has 49 heavy (non-hydrogen) atoms. The fraction of sp³-hybridized carbons (Fsp3) is 0.526. The number of nitrogens with zero attached hydrogens (tertiary/aromatic N) is 1. The van der Waals surface area contributed by atoms with Crippen molar-refractivity contribution in [1.29, 1.82) is 0 Å². The zero-order valence-electron chi connectivity index (χ0n) is 30.1. The molecule has 1 atom stereocenters. The van der Waals surface area contributed by atoms with E-state index in [2.05, 4.69) is 5.32 Å². The molecule has 11 heteroatoms. The van der Waals surface area contributed by atoms with Gasteiger partial charge in [-0.15, -0.1) is 0 Å². The van der Waals surface area contributed by atoms with Crippen molar-refractivity contribution in [2.45, 2.75) is 111 Å². The predicted molar refractivity (Wildman–Crippen MR) is 191 cm³/mol. The van der Waals surface area contributed by atoms with Gasteiger partial charge in [0.05, 0.1) is 4.91 Å². The normalized spacial score (nSPS) is 18.3. The van der Waals surface area contributed by atoms with Crippen LogP contribution < -0.4 is 19.5 Å². The molecule has 3 amide bonds. The van der Waals surface area contributed by atoms with E-state index in [1.165, 1.54) is 7.05 Å². The van der Waals surface area contributed by atoms with Crippen LogP contribution in [0.15, 0.2) is 29.2 Å². The van der Waals surface area contributed by atoms with E-state index in [0.29, 0.717) is 36.0 Å². The summed E-state index contributed by atoms with van der Waals surface area (Å²) in [6.45, 7) is 14.4. The number of esters is 1. The molecule has 0 spiro atoms. The van der Waals surface area contributed by atoms with Crippen molar-refractivity contribution >= 4 is 41.0 Å². The molecular weight excluding hydrogens is 644 g/mol. The number of carbonyl (C=O) groups is 4. The molecule has 0 saturated carbocycles. The molecule has 1 N–H and O–H groups in total. The molecule has 0 bridgehead atoms. The number of likely N-dealkylation sites (N-methyl/N-ethyl adjacent to an activating group) is 1. The second-order valence-corrected chi connectivity index (χ2v) is 15.1. The van der Waals surface area contributed by atoms with E-state index in [0.717, 1.165) is 95.2 Å². The number of fused-ring (bicyclic) bond motifs is 1. The van der Waals surface area contributed by atoms with Gasteiger partial charge in [0.15, 0.2) is 0 Å². The van der Waals surface area contributed by atoms with Crippen molar-refractivity contribution in [2.75, 3.05) is 20.2 Å². The second-order valence-electron chi connectivity index (χ2n) is 14.1. The van der Waals surface area contributed by atoms with Gasteiger partial charge in [-0.05, 0) is 126 Å². The minimum absolute atomic E-state index is 0.233. The number of carbonyl (C=O) groups excluding carboxylic acids is 4. The molecule has 2 heterocycles. The number of rotatable bonds is 13. The summed E-state index contributed by atoms with van der Waals surface area (Å²) in [6, 6.07) is 7.39. The monoisotopic (exact) mass is 694 g/mol. The van der Waals surface area contributed by atoms with E-state index in [-0.39, 0.29) is 17.1 Å². The SMILES string of the molecule is Cc1c(C)c2c(c(C)c1OC(=O)CCCCCCCNC(=O)OC(C)(C)C)CCC(C)(COc1ccc(C=C3SC(=O)N(C)C3=O)cc1)O2. The maximum atomic E-state index is 12.8. The fourth-order valence-electron chi connectivity index (χ4n) is 5.72. The number of ether oxygens (including phenoxy) is 4. The lowest BCUT2D eigenvalue weighted by Crippen LogP contribution is -2.42. The summed E-state index contributed by atoms with van der Waals surface area (Å²) >= 11 is 0.933. The Hall–Kier alpha value is -3.99. The third-order valence-corrected chi connectivity index (χ3v) is 9.67. The van der Waals surface area contributed by atoms with Crippen LogP contribution in [0, 0.1) is 20.8 Å². The highest BCUT2D eigenvalue weighted by atomic mass is 32.2. The minimum atomic E-state index is -0.556. The van der Waals surface area contributed by atoms with Gasteiger partial charge in [0.25, 0.3) is 11.1 Å². The first-order valence-electron chi connectivity index (χ1n) is 17.0. The average molecular weight is 695 g/mol. The topological polar surface area (TPSA) is 120 Å². The van der Waals surface area contributed by atoms with E-state index in [1.807, 2.05) is 72.7 Å². The van der Waals surface area contributed by atoms with Crippen LogP contribution >= 0.6 is 11.8 Å². The van der Waals surface area contributed by atoms with Crippen LogP contribution in [0.4, 0.5) is 9.59 Å². The van der Waals surface area contributed by atoms with Gasteiger partial charge in [0.2, 0.25) is 0 Å². The zero-order valence-corrected chi connectivity index (χ0v) is 30.9. The Kier molecular flexibility index (Phi) is 12.5. The van der Waals surface area contributed by atoms with Gasteiger partial charge in [-0.25, -0.2) is 4.79 Å². The average Bonchev–Trinajstić information content (AvgIpc) is 3.28. The molecular formula is C38H50N2O8S. The van der Waals surface area contributed by atoms with Crippen molar-refractivity contribution in [1.82, 2.24) is 10.2 Å². The van der Waals surface area contributed by atoms with Gasteiger partial charge < -0.3 is 24.3 Å². The van der Waals surface area contributed by atoms with Crippen LogP contribution in [0.5, 0.6) is 17.2 Å². The molecule has 0 radical (unpaired) electrons. The van der Waals surface area contributed by atoms with Crippen LogP contribution in [0.3, 0.4) is 0 Å². The predicted octanol–water partition coefficient (Wildman–Crippen LogP) is 8.21. The Balaban J connectivity index is 1.24. The molecule has 0 aliphatic carbocycles. The summed E-state index contributed by atoms with van der Waals surface area (Å²) in [5, 5.41) is 2.50. The molecule has 2 aromatic carbocycles. The second kappa shape index (κ2) is 16.1. The standard InChI is InChI=1S/C38H50N2O8S/c1-24-25(2)33-29(26(3)32(24)46-31(41)14-12-10-9-11-13-21-39-35(43)48-37(4,5)6)19-20-38(7,47-33)23-45-28-17-15-27(16-18-28)22-30-34(42)40(8)36(44)49-30/h15-18,22H,9-14,19-21,23H2,1-8H3,(H,39,43). The van der Waals surface area contributed by atoms with Crippen molar-refractivity contribution in [3.05, 3.63) is 57.0 Å². The maximum Gasteiger partial charge on any atom is 0.407 e. The number of thioether (sulfide) groups is 1. The Morgan fingerprint density at radius 3 is 2.33 bits per heavy atom. The molecule has 1 unspecified atom stereocenters. The quantitative estimate of drug-likeness (QED) is 0.0957. The first-order chi connectivity index (χ1) is 23.1. The smallest absolute Gasteiger partial charge is 0.407 e. The van der Waals surface area contributed by atoms with Crippen LogP contribution in [0.2, 0.25) is 0 Å². The molecule has 2 aliphatic heterocycles. The third kappa shape index (κ3) is 10.3. The first-order valence-corrected chi connectivity index (χ1v) is 17.8. The van der Waals surface area contributed by atoms with Crippen LogP contribution in [-0.2, 0) is 20.7 Å². The van der Waals surface area contributed by atoms with E-state index < -0.39 is 17.3 Å². The number of amides is 3. The molecule has 10 nitrogen and oxygen atoms in total. The van der Waals surface area contributed by atoms with Crippen molar-refractivity contribution in [3.8, 4) is 17.2 Å². The molecule has 2 aromatic rings. The van der Waals surface area contributed by atoms with Crippen molar-refractivity contribution < 1.29 is 38.1 Å². The largest absolute Gasteiger partial charge is 0.489 e. The summed E-state index contributed by atoms with van der Waals surface area (Å²) in [4.78, 5) is 50.0. The van der Waals surface area contributed by atoms with E-state index >= 15 is 0 Å². The van der Waals surface area contributed by atoms with Crippen LogP contribution in [0.1, 0.15) is 100 Å². The molecule has 2 aliphatic rings. The van der Waals surface area contributed by atoms with Gasteiger partial charge in [0, 0.05) is 25.6 Å². The van der Waals surface area contributed by atoms with Gasteiger partial charge in [-0.3, -0.25) is 19.3 Å². The zero-order chi connectivity index (χ0) is 35.9. The molecule has 1 fully saturated rings. The number of benzene rings is 2. The lowest BCUT2D eigenvalue weighted by molar-refractivity contribution is -0.134. The van der Waals surface area contributed by atoms with Crippen LogP contribution in [-0.4, -0.2) is 59.5 Å². The number of imide groups is 1. The molecule has 4 rings (SSSR count). The highest BCUT2D eigenvalue weighted by Gasteiger charge is 2.36. The lowest BCUT2D eigenvalue weighted by atomic mass is 9.87. The van der Waals surface area contributed by atoms with E-state index in [9.17, 15) is 19.2 Å². The summed E-state index contributed by atoms with van der Waals surface area (Å²) in [5.41, 5.74) is 3.59. The molecule has 0 aromatic heterocycles. The highest BCUT2D eigenvalue weighted by molar-refractivity contribution is 8.18. The Morgan fingerprint density at radius 2 is 1.67 bits per heavy atom. The fourth-order valence-corrected chi connectivity index (χ4v) is 6.55. The van der Waals surface area contributed by atoms with Crippen molar-refractivity contribution in [3.63, 3.8) is 0 Å². The lowest BCUT2D eigenvalue weighted by Gasteiger charge is -2.37. The first kappa shape index (κ1) is 37.8. The minimum Gasteiger partial charge on any atom is -0.489 e. The van der Waals surface area contributed by atoms with Gasteiger partial charge >= 0.3 is 12.1 Å².